The van der Waals surface area contributed by atoms with Gasteiger partial charge in [0, 0.05) is 13.1 Å². The van der Waals surface area contributed by atoms with E-state index in [2.05, 4.69) is 17.2 Å². The van der Waals surface area contributed by atoms with Crippen LogP contribution in [0.4, 0.5) is 11.6 Å². The quantitative estimate of drug-likeness (QED) is 0.645. The first-order chi connectivity index (χ1) is 8.09. The molecular weight excluding hydrogens is 220 g/mol. The lowest BCUT2D eigenvalue weighted by atomic mass is 10.00. The lowest BCUT2D eigenvalue weighted by Gasteiger charge is -2.20. The number of nitro groups is 1. The Labute approximate surface area is 100 Å². The third-order valence-electron chi connectivity index (χ3n) is 3.56. The third-order valence-corrected chi connectivity index (χ3v) is 3.56. The van der Waals surface area contributed by atoms with Crippen molar-refractivity contribution >= 4 is 11.6 Å². The molecule has 1 heterocycles. The van der Waals surface area contributed by atoms with Crippen molar-refractivity contribution in [1.29, 1.82) is 0 Å². The highest BCUT2D eigenvalue weighted by atomic mass is 16.6. The van der Waals surface area contributed by atoms with E-state index in [0.717, 1.165) is 0 Å². The highest BCUT2D eigenvalue weighted by Crippen LogP contribution is 2.31. The van der Waals surface area contributed by atoms with Gasteiger partial charge in [0.1, 0.15) is 0 Å². The SMILES string of the molecule is CC(Nc1c([N+](=O)[O-])ncn1C)C1CCCC1. The van der Waals surface area contributed by atoms with Gasteiger partial charge in [0.25, 0.3) is 0 Å². The summed E-state index contributed by atoms with van der Waals surface area (Å²) in [6.45, 7) is 2.09. The van der Waals surface area contributed by atoms with Gasteiger partial charge in [-0.05, 0) is 35.6 Å². The van der Waals surface area contributed by atoms with Crippen LogP contribution in [0.5, 0.6) is 0 Å². The predicted molar refractivity (Wildman–Crippen MR) is 64.9 cm³/mol. The summed E-state index contributed by atoms with van der Waals surface area (Å²) >= 11 is 0. The molecule has 1 aromatic rings. The van der Waals surface area contributed by atoms with Gasteiger partial charge in [0.2, 0.25) is 12.1 Å². The summed E-state index contributed by atoms with van der Waals surface area (Å²) in [4.78, 5) is 14.2. The molecule has 6 nitrogen and oxygen atoms in total. The number of anilines is 1. The van der Waals surface area contributed by atoms with Crippen LogP contribution >= 0.6 is 0 Å². The molecule has 0 radical (unpaired) electrons. The number of nitrogens with zero attached hydrogens (tertiary/aromatic N) is 3. The zero-order valence-electron chi connectivity index (χ0n) is 10.2. The number of imidazole rings is 1. The molecule has 1 aliphatic carbocycles. The summed E-state index contributed by atoms with van der Waals surface area (Å²) in [5.41, 5.74) is 0. The molecule has 1 saturated carbocycles. The number of hydrogen-bond acceptors (Lipinski definition) is 4. The second kappa shape index (κ2) is 4.73. The standard InChI is InChI=1S/C11H18N4O2/c1-8(9-5-3-4-6-9)13-11-10(15(16)17)12-7-14(11)2/h7-9,13H,3-6H2,1-2H3. The van der Waals surface area contributed by atoms with Crippen molar-refractivity contribution in [3.8, 4) is 0 Å². The minimum absolute atomic E-state index is 0.0858. The largest absolute Gasteiger partial charge is 0.406 e. The summed E-state index contributed by atoms with van der Waals surface area (Å²) in [5.74, 6) is 1.04. The van der Waals surface area contributed by atoms with Crippen molar-refractivity contribution in [2.45, 2.75) is 38.6 Å². The number of rotatable bonds is 4. The van der Waals surface area contributed by atoms with Crippen LogP contribution in [0, 0.1) is 16.0 Å². The molecule has 1 fully saturated rings. The van der Waals surface area contributed by atoms with Gasteiger partial charge in [-0.25, -0.2) is 0 Å². The molecule has 0 spiro atoms. The minimum atomic E-state index is -0.441. The second-order valence-electron chi connectivity index (χ2n) is 4.76. The zero-order valence-corrected chi connectivity index (χ0v) is 10.2. The van der Waals surface area contributed by atoms with Crippen molar-refractivity contribution in [3.63, 3.8) is 0 Å². The molecule has 94 valence electrons. The Bertz CT molecular complexity index is 410. The zero-order chi connectivity index (χ0) is 12.4. The average molecular weight is 238 g/mol. The first-order valence-electron chi connectivity index (χ1n) is 6.02. The molecule has 1 atom stereocenters. The van der Waals surface area contributed by atoms with E-state index < -0.39 is 4.92 Å². The molecule has 0 bridgehead atoms. The highest BCUT2D eigenvalue weighted by molar-refractivity contribution is 5.52. The molecule has 1 N–H and O–H groups in total. The number of nitrogens with one attached hydrogen (secondary N) is 1. The predicted octanol–water partition coefficient (Wildman–Crippen LogP) is 2.32. The molecule has 0 aromatic carbocycles. The van der Waals surface area contributed by atoms with E-state index in [4.69, 9.17) is 0 Å². The molecule has 1 aliphatic rings. The van der Waals surface area contributed by atoms with Gasteiger partial charge < -0.3 is 15.4 Å². The molecule has 17 heavy (non-hydrogen) atoms. The van der Waals surface area contributed by atoms with Gasteiger partial charge in [0.15, 0.2) is 0 Å². The maximum absolute atomic E-state index is 10.8. The van der Waals surface area contributed by atoms with Gasteiger partial charge in [-0.2, -0.15) is 0 Å². The maximum Gasteiger partial charge on any atom is 0.406 e. The van der Waals surface area contributed by atoms with Gasteiger partial charge >= 0.3 is 5.82 Å². The van der Waals surface area contributed by atoms with Crippen molar-refractivity contribution in [3.05, 3.63) is 16.4 Å². The second-order valence-corrected chi connectivity index (χ2v) is 4.76. The fourth-order valence-corrected chi connectivity index (χ4v) is 2.51. The fourth-order valence-electron chi connectivity index (χ4n) is 2.51. The van der Waals surface area contributed by atoms with Crippen LogP contribution < -0.4 is 5.32 Å². The normalized spacial score (nSPS) is 18.2. The van der Waals surface area contributed by atoms with Crippen molar-refractivity contribution < 1.29 is 4.92 Å². The Morgan fingerprint density at radius 1 is 1.59 bits per heavy atom. The first kappa shape index (κ1) is 11.9. The Balaban J connectivity index is 2.11. The van der Waals surface area contributed by atoms with E-state index in [1.54, 1.807) is 11.6 Å². The first-order valence-corrected chi connectivity index (χ1v) is 6.02. The van der Waals surface area contributed by atoms with Gasteiger partial charge in [-0.3, -0.25) is 4.57 Å². The summed E-state index contributed by atoms with van der Waals surface area (Å²) in [7, 11) is 1.77. The van der Waals surface area contributed by atoms with Gasteiger partial charge in [0.05, 0.1) is 0 Å². The molecule has 0 amide bonds. The topological polar surface area (TPSA) is 73.0 Å². The smallest absolute Gasteiger partial charge is 0.362 e. The van der Waals surface area contributed by atoms with Crippen LogP contribution in [0.1, 0.15) is 32.6 Å². The van der Waals surface area contributed by atoms with Crippen molar-refractivity contribution in [1.82, 2.24) is 9.55 Å². The van der Waals surface area contributed by atoms with Gasteiger partial charge in [-0.15, -0.1) is 0 Å². The third kappa shape index (κ3) is 2.40. The Morgan fingerprint density at radius 2 is 2.24 bits per heavy atom. The van der Waals surface area contributed by atoms with Gasteiger partial charge in [-0.1, -0.05) is 12.8 Å². The minimum Gasteiger partial charge on any atom is -0.362 e. The molecule has 2 rings (SSSR count). The number of aryl methyl sites for hydroxylation is 1. The average Bonchev–Trinajstić information content (AvgIpc) is 2.89. The maximum atomic E-state index is 10.8. The van der Waals surface area contributed by atoms with Crippen LogP contribution in [0.3, 0.4) is 0 Å². The number of hydrogen-bond donors (Lipinski definition) is 1. The summed E-state index contributed by atoms with van der Waals surface area (Å²) in [6, 6.07) is 0.256. The summed E-state index contributed by atoms with van der Waals surface area (Å²) in [5, 5.41) is 14.1. The van der Waals surface area contributed by atoms with E-state index >= 15 is 0 Å². The summed E-state index contributed by atoms with van der Waals surface area (Å²) in [6.07, 6.45) is 6.43. The van der Waals surface area contributed by atoms with E-state index in [9.17, 15) is 10.1 Å². The molecule has 0 saturated heterocycles. The summed E-state index contributed by atoms with van der Waals surface area (Å²) < 4.78 is 1.67. The Kier molecular flexibility index (Phi) is 3.31. The molecule has 0 aliphatic heterocycles. The van der Waals surface area contributed by atoms with E-state index in [-0.39, 0.29) is 11.9 Å². The van der Waals surface area contributed by atoms with E-state index in [1.165, 1.54) is 32.0 Å². The molecule has 6 heteroatoms. The van der Waals surface area contributed by atoms with E-state index in [0.29, 0.717) is 11.7 Å². The lowest BCUT2D eigenvalue weighted by molar-refractivity contribution is -0.388. The lowest BCUT2D eigenvalue weighted by Crippen LogP contribution is -2.25. The monoisotopic (exact) mass is 238 g/mol. The van der Waals surface area contributed by atoms with Crippen LogP contribution in [-0.4, -0.2) is 20.5 Å². The highest BCUT2D eigenvalue weighted by Gasteiger charge is 2.26. The molecule has 1 aromatic heterocycles. The Morgan fingerprint density at radius 3 is 2.82 bits per heavy atom. The van der Waals surface area contributed by atoms with E-state index in [1.807, 2.05) is 0 Å². The van der Waals surface area contributed by atoms with Crippen molar-refractivity contribution in [2.75, 3.05) is 5.32 Å². The van der Waals surface area contributed by atoms with Crippen LogP contribution in [0.2, 0.25) is 0 Å². The van der Waals surface area contributed by atoms with Crippen molar-refractivity contribution in [2.24, 2.45) is 13.0 Å². The van der Waals surface area contributed by atoms with Crippen LogP contribution in [0.25, 0.3) is 0 Å². The number of aromatic nitrogens is 2. The fraction of sp³-hybridized carbons (Fsp3) is 0.727. The van der Waals surface area contributed by atoms with Crippen LogP contribution in [-0.2, 0) is 7.05 Å². The molecule has 1 unspecified atom stereocenters. The Hall–Kier alpha value is -1.59. The molecular formula is C11H18N4O2. The van der Waals surface area contributed by atoms with Crippen LogP contribution in [0.15, 0.2) is 6.33 Å².